The molecular weight excluding hydrogens is 330 g/mol. The molecule has 6 nitrogen and oxygen atoms in total. The van der Waals surface area contributed by atoms with Crippen LogP contribution in [0.3, 0.4) is 0 Å². The van der Waals surface area contributed by atoms with Crippen molar-refractivity contribution in [2.24, 2.45) is 0 Å². The third-order valence-electron chi connectivity index (χ3n) is 4.58. The Hall–Kier alpha value is -1.94. The highest BCUT2D eigenvalue weighted by molar-refractivity contribution is 5.76. The molecule has 2 unspecified atom stereocenters. The second-order valence-electron chi connectivity index (χ2n) is 7.65. The van der Waals surface area contributed by atoms with Crippen molar-refractivity contribution in [3.05, 3.63) is 35.4 Å². The summed E-state index contributed by atoms with van der Waals surface area (Å²) in [6, 6.07) is 10.1. The van der Waals surface area contributed by atoms with Gasteiger partial charge in [-0.05, 0) is 38.5 Å². The first-order chi connectivity index (χ1) is 12.2. The fraction of sp³-hybridized carbons (Fsp3) is 0.600. The van der Waals surface area contributed by atoms with Crippen molar-refractivity contribution in [1.82, 2.24) is 9.80 Å². The Bertz CT molecular complexity index is 667. The molecule has 2 atom stereocenters. The summed E-state index contributed by atoms with van der Waals surface area (Å²) in [5.41, 5.74) is 1.48. The van der Waals surface area contributed by atoms with E-state index in [1.807, 2.05) is 18.2 Å². The van der Waals surface area contributed by atoms with Gasteiger partial charge in [-0.3, -0.25) is 9.69 Å². The molecule has 1 aliphatic rings. The zero-order valence-electron chi connectivity index (χ0n) is 16.4. The molecule has 6 heteroatoms. The smallest absolute Gasteiger partial charge is 0.248 e. The second-order valence-corrected chi connectivity index (χ2v) is 7.65. The van der Waals surface area contributed by atoms with Crippen LogP contribution in [-0.2, 0) is 14.3 Å². The highest BCUT2D eigenvalue weighted by atomic mass is 16.5. The number of rotatable bonds is 6. The van der Waals surface area contributed by atoms with E-state index in [0.717, 1.165) is 18.7 Å². The Morgan fingerprint density at radius 1 is 1.50 bits per heavy atom. The molecule has 1 aliphatic heterocycles. The number of carbonyl (C=O) groups excluding carboxylic acids is 1. The number of benzene rings is 1. The molecule has 0 aliphatic carbocycles. The lowest BCUT2D eigenvalue weighted by atomic mass is 9.99. The van der Waals surface area contributed by atoms with Crippen LogP contribution in [0, 0.1) is 11.3 Å². The number of carbonyl (C=O) groups is 1. The molecule has 1 amide bonds. The van der Waals surface area contributed by atoms with Gasteiger partial charge < -0.3 is 14.4 Å². The average Bonchev–Trinajstić information content (AvgIpc) is 2.59. The molecule has 0 N–H and O–H groups in total. The summed E-state index contributed by atoms with van der Waals surface area (Å²) in [6.07, 6.45) is -0.102. The minimum absolute atomic E-state index is 0.0568. The zero-order valence-corrected chi connectivity index (χ0v) is 16.4. The van der Waals surface area contributed by atoms with Crippen molar-refractivity contribution in [2.45, 2.75) is 38.5 Å². The second kappa shape index (κ2) is 8.63. The van der Waals surface area contributed by atoms with E-state index in [-0.39, 0.29) is 30.3 Å². The first kappa shape index (κ1) is 20.4. The van der Waals surface area contributed by atoms with Crippen molar-refractivity contribution >= 4 is 5.91 Å². The number of amides is 1. The maximum Gasteiger partial charge on any atom is 0.248 e. The maximum atomic E-state index is 11.7. The van der Waals surface area contributed by atoms with Crippen molar-refractivity contribution in [2.75, 3.05) is 40.4 Å². The largest absolute Gasteiger partial charge is 0.369 e. The first-order valence-corrected chi connectivity index (χ1v) is 8.91. The molecule has 0 bridgehead atoms. The van der Waals surface area contributed by atoms with E-state index in [1.165, 1.54) is 4.90 Å². The van der Waals surface area contributed by atoms with Gasteiger partial charge in [0.1, 0.15) is 6.61 Å². The van der Waals surface area contributed by atoms with Crippen molar-refractivity contribution in [1.29, 1.82) is 5.26 Å². The number of ether oxygens (including phenoxy) is 2. The standard InChI is InChI=1S/C20H29N3O3/c1-15(17-8-6-7-16(9-17)10-21)23-11-18(26-20(2,3)14-23)12-25-13-19(24)22(4)5/h6-9,15,18H,11-14H2,1-5H3. The monoisotopic (exact) mass is 359 g/mol. The van der Waals surface area contributed by atoms with Gasteiger partial charge in [-0.1, -0.05) is 12.1 Å². The molecule has 1 heterocycles. The number of likely N-dealkylation sites (N-methyl/N-ethyl adjacent to an activating group) is 1. The molecule has 0 saturated carbocycles. The summed E-state index contributed by atoms with van der Waals surface area (Å²) >= 11 is 0. The Balaban J connectivity index is 2.02. The van der Waals surface area contributed by atoms with Crippen molar-refractivity contribution in [3.8, 4) is 6.07 Å². The van der Waals surface area contributed by atoms with Crippen LogP contribution in [0.2, 0.25) is 0 Å². The minimum atomic E-state index is -0.307. The summed E-state index contributed by atoms with van der Waals surface area (Å²) in [4.78, 5) is 15.5. The molecule has 26 heavy (non-hydrogen) atoms. The van der Waals surface area contributed by atoms with E-state index in [2.05, 4.69) is 37.8 Å². The molecule has 1 aromatic rings. The molecule has 0 radical (unpaired) electrons. The minimum Gasteiger partial charge on any atom is -0.369 e. The number of nitrogens with zero attached hydrogens (tertiary/aromatic N) is 3. The van der Waals surface area contributed by atoms with E-state index in [9.17, 15) is 4.79 Å². The summed E-state index contributed by atoms with van der Waals surface area (Å²) in [5.74, 6) is -0.0568. The van der Waals surface area contributed by atoms with E-state index < -0.39 is 0 Å². The van der Waals surface area contributed by atoms with Crippen LogP contribution in [0.4, 0.5) is 0 Å². The van der Waals surface area contributed by atoms with Crippen LogP contribution < -0.4 is 0 Å². The first-order valence-electron chi connectivity index (χ1n) is 8.91. The van der Waals surface area contributed by atoms with Gasteiger partial charge >= 0.3 is 0 Å². The maximum absolute atomic E-state index is 11.7. The van der Waals surface area contributed by atoms with Gasteiger partial charge in [-0.2, -0.15) is 5.26 Å². The van der Waals surface area contributed by atoms with E-state index in [4.69, 9.17) is 14.7 Å². The van der Waals surface area contributed by atoms with Crippen LogP contribution in [0.15, 0.2) is 24.3 Å². The summed E-state index contributed by atoms with van der Waals surface area (Å²) < 4.78 is 11.7. The average molecular weight is 359 g/mol. The SMILES string of the molecule is CC(c1cccc(C#N)c1)N1CC(COCC(=O)N(C)C)OC(C)(C)C1. The molecule has 0 aromatic heterocycles. The lowest BCUT2D eigenvalue weighted by Crippen LogP contribution is -2.54. The lowest BCUT2D eigenvalue weighted by molar-refractivity contribution is -0.165. The molecule has 1 fully saturated rings. The quantitative estimate of drug-likeness (QED) is 0.779. The lowest BCUT2D eigenvalue weighted by Gasteiger charge is -2.45. The molecule has 0 spiro atoms. The van der Waals surface area contributed by atoms with Gasteiger partial charge in [0.2, 0.25) is 5.91 Å². The number of morpholine rings is 1. The Kier molecular flexibility index (Phi) is 6.76. The van der Waals surface area contributed by atoms with E-state index in [0.29, 0.717) is 12.2 Å². The topological polar surface area (TPSA) is 65.8 Å². The number of nitriles is 1. The van der Waals surface area contributed by atoms with Gasteiger partial charge in [0.05, 0.1) is 29.9 Å². The van der Waals surface area contributed by atoms with Gasteiger partial charge in [-0.15, -0.1) is 0 Å². The van der Waals surface area contributed by atoms with Gasteiger partial charge in [-0.25, -0.2) is 0 Å². The fourth-order valence-corrected chi connectivity index (χ4v) is 3.21. The predicted octanol–water partition coefficient (Wildman–Crippen LogP) is 2.20. The molecule has 1 saturated heterocycles. The predicted molar refractivity (Wildman–Crippen MR) is 99.6 cm³/mol. The summed E-state index contributed by atoms with van der Waals surface area (Å²) in [6.45, 7) is 8.23. The normalized spacial score (nSPS) is 21.0. The van der Waals surface area contributed by atoms with Crippen LogP contribution in [-0.4, -0.2) is 67.8 Å². The Morgan fingerprint density at radius 2 is 2.23 bits per heavy atom. The van der Waals surface area contributed by atoms with Crippen LogP contribution in [0.1, 0.15) is 37.9 Å². The van der Waals surface area contributed by atoms with Crippen LogP contribution in [0.25, 0.3) is 0 Å². The zero-order chi connectivity index (χ0) is 19.3. The Labute approximate surface area is 156 Å². The fourth-order valence-electron chi connectivity index (χ4n) is 3.21. The van der Waals surface area contributed by atoms with E-state index >= 15 is 0 Å². The van der Waals surface area contributed by atoms with Gasteiger partial charge in [0.15, 0.2) is 0 Å². The van der Waals surface area contributed by atoms with Crippen molar-refractivity contribution in [3.63, 3.8) is 0 Å². The van der Waals surface area contributed by atoms with Crippen LogP contribution >= 0.6 is 0 Å². The van der Waals surface area contributed by atoms with Gasteiger partial charge in [0.25, 0.3) is 0 Å². The third-order valence-corrected chi connectivity index (χ3v) is 4.58. The summed E-state index contributed by atoms with van der Waals surface area (Å²) in [5, 5.41) is 9.13. The summed E-state index contributed by atoms with van der Waals surface area (Å²) in [7, 11) is 3.43. The van der Waals surface area contributed by atoms with Gasteiger partial charge in [0, 0.05) is 33.2 Å². The third kappa shape index (κ3) is 5.53. The molecule has 1 aromatic carbocycles. The highest BCUT2D eigenvalue weighted by Gasteiger charge is 2.35. The van der Waals surface area contributed by atoms with E-state index in [1.54, 1.807) is 14.1 Å². The molecule has 142 valence electrons. The molecular formula is C20H29N3O3. The number of hydrogen-bond acceptors (Lipinski definition) is 5. The highest BCUT2D eigenvalue weighted by Crippen LogP contribution is 2.29. The van der Waals surface area contributed by atoms with Crippen molar-refractivity contribution < 1.29 is 14.3 Å². The van der Waals surface area contributed by atoms with Crippen LogP contribution in [0.5, 0.6) is 0 Å². The molecule has 2 rings (SSSR count). The number of hydrogen-bond donors (Lipinski definition) is 0. The Morgan fingerprint density at radius 3 is 2.88 bits per heavy atom.